The van der Waals surface area contributed by atoms with E-state index >= 15 is 0 Å². The van der Waals surface area contributed by atoms with E-state index in [-0.39, 0.29) is 23.8 Å². The van der Waals surface area contributed by atoms with Crippen LogP contribution in [-0.4, -0.2) is 60.5 Å². The van der Waals surface area contributed by atoms with Gasteiger partial charge in [0.05, 0.1) is 5.92 Å². The van der Waals surface area contributed by atoms with E-state index in [1.807, 2.05) is 28.0 Å². The summed E-state index contributed by atoms with van der Waals surface area (Å²) < 4.78 is 5.61. The van der Waals surface area contributed by atoms with Gasteiger partial charge in [-0.3, -0.25) is 9.59 Å². The van der Waals surface area contributed by atoms with Crippen LogP contribution in [0.2, 0.25) is 0 Å². The third-order valence-electron chi connectivity index (χ3n) is 6.15. The molecule has 31 heavy (non-hydrogen) atoms. The molecule has 5 heteroatoms. The van der Waals surface area contributed by atoms with Crippen molar-refractivity contribution in [2.45, 2.75) is 25.4 Å². The maximum Gasteiger partial charge on any atom is 0.251 e. The van der Waals surface area contributed by atoms with Crippen LogP contribution in [0.25, 0.3) is 11.1 Å². The Bertz CT molecular complexity index is 904. The molecule has 0 aliphatic carbocycles. The number of ether oxygens (including phenoxy) is 1. The van der Waals surface area contributed by atoms with Gasteiger partial charge in [-0.25, -0.2) is 0 Å². The van der Waals surface area contributed by atoms with E-state index in [0.29, 0.717) is 39.2 Å². The molecule has 2 aliphatic rings. The quantitative estimate of drug-likeness (QED) is 0.674. The lowest BCUT2D eigenvalue weighted by Gasteiger charge is -2.25. The highest BCUT2D eigenvalue weighted by atomic mass is 16.5. The molecule has 4 rings (SSSR count). The van der Waals surface area contributed by atoms with Gasteiger partial charge in [0.15, 0.2) is 0 Å². The first-order valence-corrected chi connectivity index (χ1v) is 11.1. The van der Waals surface area contributed by atoms with Crippen molar-refractivity contribution < 1.29 is 14.3 Å². The van der Waals surface area contributed by atoms with Crippen LogP contribution in [0.15, 0.2) is 67.3 Å². The van der Waals surface area contributed by atoms with Crippen LogP contribution in [0.5, 0.6) is 0 Å². The summed E-state index contributed by atoms with van der Waals surface area (Å²) in [6, 6.07) is 18.6. The molecule has 2 amide bonds. The molecule has 2 aromatic rings. The topological polar surface area (TPSA) is 49.9 Å². The number of carbonyl (C=O) groups is 2. The molecular formula is C26H30N2O3. The average Bonchev–Trinajstić information content (AvgIpc) is 3.30. The summed E-state index contributed by atoms with van der Waals surface area (Å²) in [5.41, 5.74) is 3.42. The number of hydrogen-bond donors (Lipinski definition) is 0. The van der Waals surface area contributed by atoms with Gasteiger partial charge < -0.3 is 14.5 Å². The normalized spacial score (nSPS) is 21.7. The Morgan fingerprint density at radius 1 is 1.06 bits per heavy atom. The van der Waals surface area contributed by atoms with Crippen molar-refractivity contribution in [3.05, 3.63) is 72.8 Å². The molecule has 2 atom stereocenters. The molecule has 0 radical (unpaired) electrons. The van der Waals surface area contributed by atoms with Crippen molar-refractivity contribution in [3.8, 4) is 11.1 Å². The summed E-state index contributed by atoms with van der Waals surface area (Å²) >= 11 is 0. The maximum absolute atomic E-state index is 13.2. The lowest BCUT2D eigenvalue weighted by molar-refractivity contribution is -0.141. The van der Waals surface area contributed by atoms with Gasteiger partial charge in [-0.1, -0.05) is 60.7 Å². The van der Waals surface area contributed by atoms with E-state index in [1.165, 1.54) is 5.56 Å². The highest BCUT2D eigenvalue weighted by molar-refractivity contribution is 5.84. The van der Waals surface area contributed by atoms with Crippen molar-refractivity contribution in [1.82, 2.24) is 9.80 Å². The van der Waals surface area contributed by atoms with Crippen molar-refractivity contribution in [2.24, 2.45) is 5.92 Å². The predicted octanol–water partition coefficient (Wildman–Crippen LogP) is 3.55. The standard InChI is InChI=1S/C26H30N2O3/c1-2-14-27-15-16-28(26(30)24-9-6-17-31-24)19-23(25(27)29)18-20-10-12-22(13-11-20)21-7-4-3-5-8-21/h2-5,7-8,10-13,23-24H,1,6,9,14-19H2/t23-,24-/m1/s1. The van der Waals surface area contributed by atoms with Crippen molar-refractivity contribution in [2.75, 3.05) is 32.8 Å². The van der Waals surface area contributed by atoms with Gasteiger partial charge in [0.25, 0.3) is 5.91 Å². The van der Waals surface area contributed by atoms with Crippen molar-refractivity contribution >= 4 is 11.8 Å². The summed E-state index contributed by atoms with van der Waals surface area (Å²) in [6.45, 7) is 6.45. The Labute approximate surface area is 184 Å². The number of carbonyl (C=O) groups excluding carboxylic acids is 2. The smallest absolute Gasteiger partial charge is 0.251 e. The fourth-order valence-corrected chi connectivity index (χ4v) is 4.46. The molecule has 0 N–H and O–H groups in total. The van der Waals surface area contributed by atoms with E-state index in [1.54, 1.807) is 6.08 Å². The number of nitrogens with zero attached hydrogens (tertiary/aromatic N) is 2. The number of rotatable bonds is 6. The average molecular weight is 419 g/mol. The van der Waals surface area contributed by atoms with Crippen molar-refractivity contribution in [3.63, 3.8) is 0 Å². The second-order valence-corrected chi connectivity index (χ2v) is 8.32. The highest BCUT2D eigenvalue weighted by Gasteiger charge is 2.35. The van der Waals surface area contributed by atoms with E-state index in [0.717, 1.165) is 24.0 Å². The molecule has 2 aliphatic heterocycles. The second kappa shape index (κ2) is 9.92. The van der Waals surface area contributed by atoms with Crippen LogP contribution in [0.3, 0.4) is 0 Å². The van der Waals surface area contributed by atoms with Gasteiger partial charge in [0.1, 0.15) is 6.10 Å². The minimum absolute atomic E-state index is 0.0233. The fraction of sp³-hybridized carbons (Fsp3) is 0.385. The van der Waals surface area contributed by atoms with Gasteiger partial charge in [0.2, 0.25) is 5.91 Å². The molecule has 0 spiro atoms. The van der Waals surface area contributed by atoms with Gasteiger partial charge in [-0.05, 0) is 36.0 Å². The first-order valence-electron chi connectivity index (χ1n) is 11.1. The van der Waals surface area contributed by atoms with Crippen LogP contribution < -0.4 is 0 Å². The molecule has 2 fully saturated rings. The Kier molecular flexibility index (Phi) is 6.82. The van der Waals surface area contributed by atoms with E-state index in [4.69, 9.17) is 4.74 Å². The zero-order chi connectivity index (χ0) is 21.6. The third-order valence-corrected chi connectivity index (χ3v) is 6.15. The zero-order valence-corrected chi connectivity index (χ0v) is 17.9. The lowest BCUT2D eigenvalue weighted by Crippen LogP contribution is -2.42. The lowest BCUT2D eigenvalue weighted by atomic mass is 9.95. The van der Waals surface area contributed by atoms with Crippen LogP contribution in [0.4, 0.5) is 0 Å². The van der Waals surface area contributed by atoms with Crippen LogP contribution in [-0.2, 0) is 20.7 Å². The summed E-state index contributed by atoms with van der Waals surface area (Å²) in [7, 11) is 0. The van der Waals surface area contributed by atoms with E-state index in [9.17, 15) is 9.59 Å². The maximum atomic E-state index is 13.2. The molecule has 162 valence electrons. The molecule has 5 nitrogen and oxygen atoms in total. The molecule has 2 heterocycles. The third kappa shape index (κ3) is 5.05. The minimum Gasteiger partial charge on any atom is -0.368 e. The monoisotopic (exact) mass is 418 g/mol. The molecule has 0 unspecified atom stereocenters. The summed E-state index contributed by atoms with van der Waals surface area (Å²) in [5.74, 6) is -0.153. The number of amides is 2. The number of hydrogen-bond acceptors (Lipinski definition) is 3. The predicted molar refractivity (Wildman–Crippen MR) is 121 cm³/mol. The molecule has 2 aromatic carbocycles. The SMILES string of the molecule is C=CCN1CCN(C(=O)[C@H]2CCCO2)C[C@@H](Cc2ccc(-c3ccccc3)cc2)C1=O. The molecule has 0 bridgehead atoms. The Morgan fingerprint density at radius 3 is 2.48 bits per heavy atom. The van der Waals surface area contributed by atoms with Crippen LogP contribution in [0, 0.1) is 5.92 Å². The van der Waals surface area contributed by atoms with E-state index in [2.05, 4.69) is 43.0 Å². The second-order valence-electron chi connectivity index (χ2n) is 8.32. The molecular weight excluding hydrogens is 388 g/mol. The van der Waals surface area contributed by atoms with Crippen LogP contribution in [0.1, 0.15) is 18.4 Å². The Balaban J connectivity index is 1.51. The fourth-order valence-electron chi connectivity index (χ4n) is 4.46. The summed E-state index contributed by atoms with van der Waals surface area (Å²) in [4.78, 5) is 29.9. The molecule has 0 aromatic heterocycles. The first kappa shape index (κ1) is 21.3. The largest absolute Gasteiger partial charge is 0.368 e. The Morgan fingerprint density at radius 2 is 1.81 bits per heavy atom. The van der Waals surface area contributed by atoms with Gasteiger partial charge >= 0.3 is 0 Å². The van der Waals surface area contributed by atoms with E-state index < -0.39 is 0 Å². The Hall–Kier alpha value is -2.92. The van der Waals surface area contributed by atoms with Crippen LogP contribution >= 0.6 is 0 Å². The number of benzene rings is 2. The van der Waals surface area contributed by atoms with Crippen molar-refractivity contribution in [1.29, 1.82) is 0 Å². The first-order chi connectivity index (χ1) is 15.2. The molecule has 0 saturated carbocycles. The highest BCUT2D eigenvalue weighted by Crippen LogP contribution is 2.23. The van der Waals surface area contributed by atoms with Gasteiger partial charge in [0, 0.05) is 32.8 Å². The molecule has 2 saturated heterocycles. The van der Waals surface area contributed by atoms with Gasteiger partial charge in [-0.2, -0.15) is 0 Å². The zero-order valence-electron chi connectivity index (χ0n) is 17.9. The van der Waals surface area contributed by atoms with Gasteiger partial charge in [-0.15, -0.1) is 6.58 Å². The summed E-state index contributed by atoms with van der Waals surface area (Å²) in [6.07, 6.45) is 3.69. The minimum atomic E-state index is -0.355. The summed E-state index contributed by atoms with van der Waals surface area (Å²) in [5, 5.41) is 0.